The van der Waals surface area contributed by atoms with Crippen LogP contribution in [-0.2, 0) is 0 Å². The molecule has 0 unspecified atom stereocenters. The van der Waals surface area contributed by atoms with Crippen LogP contribution in [-0.4, -0.2) is 43.1 Å². The van der Waals surface area contributed by atoms with E-state index in [0.717, 1.165) is 54.6 Å². The number of piperidine rings is 1. The molecule has 0 radical (unpaired) electrons. The van der Waals surface area contributed by atoms with Gasteiger partial charge in [-0.15, -0.1) is 0 Å². The molecule has 142 valence electrons. The molecule has 1 N–H and O–H groups in total. The first-order valence-corrected chi connectivity index (χ1v) is 9.39. The molecule has 2 aliphatic rings. The van der Waals surface area contributed by atoms with Gasteiger partial charge in [0, 0.05) is 32.0 Å². The van der Waals surface area contributed by atoms with Crippen LogP contribution in [0.2, 0.25) is 0 Å². The zero-order valence-electron chi connectivity index (χ0n) is 15.1. The van der Waals surface area contributed by atoms with Crippen LogP contribution in [0, 0.1) is 0 Å². The van der Waals surface area contributed by atoms with Gasteiger partial charge in [-0.05, 0) is 36.5 Å². The summed E-state index contributed by atoms with van der Waals surface area (Å²) in [5.74, 6) is 3.10. The number of likely N-dealkylation sites (tertiary alicyclic amines) is 1. The van der Waals surface area contributed by atoms with Gasteiger partial charge in [-0.3, -0.25) is 0 Å². The average molecular weight is 386 g/mol. The Bertz CT molecular complexity index is 821. The number of methoxy groups -OCH3 is 1. The van der Waals surface area contributed by atoms with Crippen molar-refractivity contribution in [3.8, 4) is 23.0 Å². The van der Waals surface area contributed by atoms with E-state index < -0.39 is 0 Å². The van der Waals surface area contributed by atoms with E-state index in [1.165, 1.54) is 0 Å². The Balaban J connectivity index is 1.30. The molecule has 2 aromatic rings. The number of thiocarbonyl (C=S) groups is 1. The lowest BCUT2D eigenvalue weighted by Gasteiger charge is -2.34. The van der Waals surface area contributed by atoms with E-state index in [4.69, 9.17) is 31.2 Å². The minimum absolute atomic E-state index is 0.163. The number of anilines is 1. The van der Waals surface area contributed by atoms with Crippen molar-refractivity contribution in [3.05, 3.63) is 42.5 Å². The highest BCUT2D eigenvalue weighted by Crippen LogP contribution is 2.36. The van der Waals surface area contributed by atoms with Gasteiger partial charge < -0.3 is 29.2 Å². The highest BCUT2D eigenvalue weighted by atomic mass is 32.1. The maximum atomic E-state index is 6.12. The third-order valence-corrected chi connectivity index (χ3v) is 5.08. The van der Waals surface area contributed by atoms with Gasteiger partial charge in [0.1, 0.15) is 17.6 Å². The van der Waals surface area contributed by atoms with Crippen molar-refractivity contribution >= 4 is 23.0 Å². The van der Waals surface area contributed by atoms with Crippen LogP contribution < -0.4 is 24.3 Å². The standard InChI is InChI=1S/C20H22N2O4S/c1-23-17-5-3-2-4-16(17)21-20(27)22-10-8-14(9-11-22)26-15-6-7-18-19(12-15)25-13-24-18/h2-7,12,14H,8-11,13H2,1H3,(H,21,27). The lowest BCUT2D eigenvalue weighted by Crippen LogP contribution is -2.43. The Morgan fingerprint density at radius 2 is 1.89 bits per heavy atom. The molecule has 7 heteroatoms. The van der Waals surface area contributed by atoms with Crippen LogP contribution >= 0.6 is 12.2 Å². The van der Waals surface area contributed by atoms with Gasteiger partial charge in [0.2, 0.25) is 6.79 Å². The molecule has 6 nitrogen and oxygen atoms in total. The van der Waals surface area contributed by atoms with Crippen LogP contribution in [0.15, 0.2) is 42.5 Å². The van der Waals surface area contributed by atoms with Crippen LogP contribution in [0.25, 0.3) is 0 Å². The van der Waals surface area contributed by atoms with Gasteiger partial charge >= 0.3 is 0 Å². The quantitative estimate of drug-likeness (QED) is 0.805. The summed E-state index contributed by atoms with van der Waals surface area (Å²) in [5.41, 5.74) is 0.878. The van der Waals surface area contributed by atoms with Gasteiger partial charge in [-0.2, -0.15) is 0 Å². The monoisotopic (exact) mass is 386 g/mol. The highest BCUT2D eigenvalue weighted by molar-refractivity contribution is 7.80. The third kappa shape index (κ3) is 4.03. The fraction of sp³-hybridized carbons (Fsp3) is 0.350. The Morgan fingerprint density at radius 3 is 2.70 bits per heavy atom. The number of rotatable bonds is 4. The fourth-order valence-electron chi connectivity index (χ4n) is 3.26. The molecule has 0 aliphatic carbocycles. The zero-order chi connectivity index (χ0) is 18.6. The van der Waals surface area contributed by atoms with Crippen LogP contribution in [0.4, 0.5) is 5.69 Å². The third-order valence-electron chi connectivity index (χ3n) is 4.72. The lowest BCUT2D eigenvalue weighted by atomic mass is 10.1. The summed E-state index contributed by atoms with van der Waals surface area (Å²) >= 11 is 5.57. The maximum absolute atomic E-state index is 6.12. The summed E-state index contributed by atoms with van der Waals surface area (Å²) in [6, 6.07) is 13.5. The van der Waals surface area contributed by atoms with Gasteiger partial charge in [-0.1, -0.05) is 12.1 Å². The van der Waals surface area contributed by atoms with E-state index in [0.29, 0.717) is 5.11 Å². The van der Waals surface area contributed by atoms with Gasteiger partial charge in [0.05, 0.1) is 12.8 Å². The molecule has 1 saturated heterocycles. The minimum Gasteiger partial charge on any atom is -0.495 e. The number of benzene rings is 2. The van der Waals surface area contributed by atoms with Crippen molar-refractivity contribution in [1.82, 2.24) is 4.90 Å². The van der Waals surface area contributed by atoms with Crippen molar-refractivity contribution < 1.29 is 18.9 Å². The smallest absolute Gasteiger partial charge is 0.231 e. The molecular weight excluding hydrogens is 364 g/mol. The SMILES string of the molecule is COc1ccccc1NC(=S)N1CCC(Oc2ccc3c(c2)OCO3)CC1. The fourth-order valence-corrected chi connectivity index (χ4v) is 3.55. The highest BCUT2D eigenvalue weighted by Gasteiger charge is 2.23. The number of nitrogens with one attached hydrogen (secondary N) is 1. The van der Waals surface area contributed by atoms with Crippen molar-refractivity contribution in [2.45, 2.75) is 18.9 Å². The molecule has 2 aliphatic heterocycles. The summed E-state index contributed by atoms with van der Waals surface area (Å²) in [6.07, 6.45) is 1.97. The van der Waals surface area contributed by atoms with Gasteiger partial charge in [0.25, 0.3) is 0 Å². The minimum atomic E-state index is 0.163. The number of hydrogen-bond donors (Lipinski definition) is 1. The Morgan fingerprint density at radius 1 is 1.11 bits per heavy atom. The first-order chi connectivity index (χ1) is 13.2. The predicted molar refractivity (Wildman–Crippen MR) is 107 cm³/mol. The largest absolute Gasteiger partial charge is 0.495 e. The van der Waals surface area contributed by atoms with Crippen LogP contribution in [0.1, 0.15) is 12.8 Å². The number of ether oxygens (including phenoxy) is 4. The molecule has 0 spiro atoms. The van der Waals surface area contributed by atoms with E-state index in [-0.39, 0.29) is 12.9 Å². The van der Waals surface area contributed by atoms with E-state index in [2.05, 4.69) is 10.2 Å². The summed E-state index contributed by atoms with van der Waals surface area (Å²) in [7, 11) is 1.66. The topological polar surface area (TPSA) is 52.2 Å². The summed E-state index contributed by atoms with van der Waals surface area (Å²) in [6.45, 7) is 1.96. The Hall–Kier alpha value is -2.67. The molecule has 0 atom stereocenters. The molecule has 27 heavy (non-hydrogen) atoms. The average Bonchev–Trinajstić information content (AvgIpc) is 3.17. The molecule has 1 fully saturated rings. The van der Waals surface area contributed by atoms with Crippen molar-refractivity contribution in [1.29, 1.82) is 0 Å². The predicted octanol–water partition coefficient (Wildman–Crippen LogP) is 3.66. The number of hydrogen-bond acceptors (Lipinski definition) is 5. The zero-order valence-corrected chi connectivity index (χ0v) is 16.0. The van der Waals surface area contributed by atoms with Crippen molar-refractivity contribution in [3.63, 3.8) is 0 Å². The second-order valence-corrected chi connectivity index (χ2v) is 6.84. The van der Waals surface area contributed by atoms with Gasteiger partial charge in [0.15, 0.2) is 16.6 Å². The summed E-state index contributed by atoms with van der Waals surface area (Å²) in [4.78, 5) is 2.17. The molecule has 0 saturated carbocycles. The molecule has 0 amide bonds. The lowest BCUT2D eigenvalue weighted by molar-refractivity contribution is 0.131. The molecule has 0 aromatic heterocycles. The number of nitrogens with zero attached hydrogens (tertiary/aromatic N) is 1. The van der Waals surface area contributed by atoms with E-state index >= 15 is 0 Å². The first kappa shape index (κ1) is 17.7. The number of para-hydroxylation sites is 2. The van der Waals surface area contributed by atoms with E-state index in [9.17, 15) is 0 Å². The van der Waals surface area contributed by atoms with Crippen LogP contribution in [0.3, 0.4) is 0 Å². The summed E-state index contributed by atoms with van der Waals surface area (Å²) in [5, 5.41) is 3.99. The molecule has 2 heterocycles. The van der Waals surface area contributed by atoms with E-state index in [1.54, 1.807) is 7.11 Å². The second-order valence-electron chi connectivity index (χ2n) is 6.45. The normalized spacial score (nSPS) is 16.1. The first-order valence-electron chi connectivity index (χ1n) is 8.98. The molecule has 2 aromatic carbocycles. The van der Waals surface area contributed by atoms with Crippen molar-refractivity contribution in [2.75, 3.05) is 32.3 Å². The molecular formula is C20H22N2O4S. The van der Waals surface area contributed by atoms with Crippen molar-refractivity contribution in [2.24, 2.45) is 0 Å². The summed E-state index contributed by atoms with van der Waals surface area (Å²) < 4.78 is 22.2. The number of fused-ring (bicyclic) bond motifs is 1. The Kier molecular flexibility index (Phi) is 5.20. The molecule has 0 bridgehead atoms. The van der Waals surface area contributed by atoms with Gasteiger partial charge in [-0.25, -0.2) is 0 Å². The second kappa shape index (κ2) is 7.92. The molecule has 4 rings (SSSR count). The Labute approximate surface area is 164 Å². The maximum Gasteiger partial charge on any atom is 0.231 e. The van der Waals surface area contributed by atoms with Crippen LogP contribution in [0.5, 0.6) is 23.0 Å². The van der Waals surface area contributed by atoms with E-state index in [1.807, 2.05) is 42.5 Å².